The fourth-order valence-corrected chi connectivity index (χ4v) is 2.42. The maximum absolute atomic E-state index is 11.5. The molecule has 106 valence electrons. The van der Waals surface area contributed by atoms with Crippen molar-refractivity contribution in [2.75, 3.05) is 6.61 Å². The maximum Gasteiger partial charge on any atom is 0.396 e. The van der Waals surface area contributed by atoms with Crippen molar-refractivity contribution >= 4 is 28.6 Å². The molecule has 0 saturated carbocycles. The minimum Gasteiger partial charge on any atom is -0.459 e. The molecule has 8 heteroatoms. The minimum atomic E-state index is -0.635. The Bertz CT molecular complexity index is 784. The van der Waals surface area contributed by atoms with Crippen molar-refractivity contribution < 1.29 is 13.9 Å². The normalized spacial score (nSPS) is 10.7. The minimum absolute atomic E-state index is 0.169. The number of para-hydroxylation sites is 1. The van der Waals surface area contributed by atoms with Crippen molar-refractivity contribution in [3.8, 4) is 0 Å². The quantitative estimate of drug-likeness (QED) is 0.535. The standard InChI is InChI=1S/C13H10N4O3S/c1-2-19-12(18)10-16-17-13(20-10)21-11-8-5-3-4-6-9(8)14-7-15-11/h3-7H,2H2,1H3. The zero-order chi connectivity index (χ0) is 14.7. The van der Waals surface area contributed by atoms with Crippen LogP contribution in [-0.4, -0.2) is 32.7 Å². The van der Waals surface area contributed by atoms with Gasteiger partial charge in [-0.1, -0.05) is 23.3 Å². The molecule has 0 saturated heterocycles. The Hall–Kier alpha value is -2.48. The van der Waals surface area contributed by atoms with E-state index in [-0.39, 0.29) is 17.7 Å². The number of nitrogens with zero attached hydrogens (tertiary/aromatic N) is 4. The van der Waals surface area contributed by atoms with Crippen LogP contribution in [0.1, 0.15) is 17.6 Å². The molecule has 0 radical (unpaired) electrons. The van der Waals surface area contributed by atoms with Gasteiger partial charge < -0.3 is 9.15 Å². The van der Waals surface area contributed by atoms with Crippen LogP contribution in [-0.2, 0) is 4.74 Å². The van der Waals surface area contributed by atoms with E-state index in [9.17, 15) is 4.79 Å². The summed E-state index contributed by atoms with van der Waals surface area (Å²) in [4.78, 5) is 19.8. The fourth-order valence-electron chi connectivity index (χ4n) is 1.67. The van der Waals surface area contributed by atoms with Gasteiger partial charge in [0.05, 0.1) is 12.1 Å². The number of rotatable bonds is 4. The zero-order valence-electron chi connectivity index (χ0n) is 11.0. The second-order valence-corrected chi connectivity index (χ2v) is 4.83. The van der Waals surface area contributed by atoms with Crippen molar-refractivity contribution in [2.24, 2.45) is 0 Å². The lowest BCUT2D eigenvalue weighted by atomic mass is 10.2. The molecular weight excluding hydrogens is 292 g/mol. The van der Waals surface area contributed by atoms with Crippen LogP contribution in [0.25, 0.3) is 10.9 Å². The summed E-state index contributed by atoms with van der Waals surface area (Å²) < 4.78 is 10.0. The fraction of sp³-hybridized carbons (Fsp3) is 0.154. The topological polar surface area (TPSA) is 91.0 Å². The van der Waals surface area contributed by atoms with Crippen LogP contribution < -0.4 is 0 Å². The molecule has 0 atom stereocenters. The molecule has 21 heavy (non-hydrogen) atoms. The van der Waals surface area contributed by atoms with E-state index in [1.807, 2.05) is 24.3 Å². The Balaban J connectivity index is 1.87. The Labute approximate surface area is 123 Å². The number of carbonyl (C=O) groups excluding carboxylic acids is 1. The van der Waals surface area contributed by atoms with Crippen LogP contribution in [0.5, 0.6) is 0 Å². The summed E-state index contributed by atoms with van der Waals surface area (Å²) in [6, 6.07) is 7.59. The highest BCUT2D eigenvalue weighted by Gasteiger charge is 2.17. The summed E-state index contributed by atoms with van der Waals surface area (Å²) in [7, 11) is 0. The van der Waals surface area contributed by atoms with Gasteiger partial charge in [-0.15, -0.1) is 5.10 Å². The molecular formula is C13H10N4O3S. The number of esters is 1. The number of benzene rings is 1. The third-order valence-electron chi connectivity index (χ3n) is 2.55. The first-order chi connectivity index (χ1) is 10.3. The van der Waals surface area contributed by atoms with E-state index in [1.54, 1.807) is 6.92 Å². The largest absolute Gasteiger partial charge is 0.459 e. The molecule has 0 amide bonds. The second-order valence-electron chi connectivity index (χ2n) is 3.89. The number of hydrogen-bond donors (Lipinski definition) is 0. The van der Waals surface area contributed by atoms with Crippen molar-refractivity contribution in [2.45, 2.75) is 17.2 Å². The van der Waals surface area contributed by atoms with Crippen LogP contribution in [0.2, 0.25) is 0 Å². The molecule has 3 rings (SSSR count). The lowest BCUT2D eigenvalue weighted by Crippen LogP contribution is -2.04. The van der Waals surface area contributed by atoms with Gasteiger partial charge in [0.2, 0.25) is 0 Å². The molecule has 1 aromatic carbocycles. The highest BCUT2D eigenvalue weighted by Crippen LogP contribution is 2.29. The summed E-state index contributed by atoms with van der Waals surface area (Å²) in [5, 5.41) is 9.24. The molecule has 2 aromatic heterocycles. The van der Waals surface area contributed by atoms with Crippen LogP contribution in [0.3, 0.4) is 0 Å². The number of aromatic nitrogens is 4. The van der Waals surface area contributed by atoms with E-state index in [0.717, 1.165) is 10.9 Å². The third kappa shape index (κ3) is 2.84. The third-order valence-corrected chi connectivity index (χ3v) is 3.41. The molecule has 0 N–H and O–H groups in total. The molecule has 0 aliphatic heterocycles. The van der Waals surface area contributed by atoms with Crippen molar-refractivity contribution in [3.05, 3.63) is 36.5 Å². The zero-order valence-corrected chi connectivity index (χ0v) is 11.8. The average Bonchev–Trinajstić information content (AvgIpc) is 2.97. The smallest absolute Gasteiger partial charge is 0.396 e. The summed E-state index contributed by atoms with van der Waals surface area (Å²) >= 11 is 1.17. The highest BCUT2D eigenvalue weighted by molar-refractivity contribution is 7.99. The van der Waals surface area contributed by atoms with Crippen LogP contribution >= 0.6 is 11.8 Å². The van der Waals surface area contributed by atoms with Gasteiger partial charge in [-0.25, -0.2) is 14.8 Å². The first-order valence-corrected chi connectivity index (χ1v) is 6.98. The Morgan fingerprint density at radius 1 is 1.29 bits per heavy atom. The lowest BCUT2D eigenvalue weighted by Gasteiger charge is -2.00. The van der Waals surface area contributed by atoms with Gasteiger partial charge >= 0.3 is 11.9 Å². The number of ether oxygens (including phenoxy) is 1. The Kier molecular flexibility index (Phi) is 3.78. The lowest BCUT2D eigenvalue weighted by molar-refractivity contribution is 0.0475. The van der Waals surface area contributed by atoms with Crippen LogP contribution in [0.4, 0.5) is 0 Å². The van der Waals surface area contributed by atoms with Crippen molar-refractivity contribution in [1.82, 2.24) is 20.2 Å². The molecule has 0 spiro atoms. The van der Waals surface area contributed by atoms with Gasteiger partial charge in [0.1, 0.15) is 11.4 Å². The van der Waals surface area contributed by atoms with Crippen molar-refractivity contribution in [3.63, 3.8) is 0 Å². The average molecular weight is 302 g/mol. The number of carbonyl (C=O) groups is 1. The van der Waals surface area contributed by atoms with Crippen LogP contribution in [0, 0.1) is 0 Å². The Morgan fingerprint density at radius 2 is 2.14 bits per heavy atom. The van der Waals surface area contributed by atoms with Gasteiger partial charge in [-0.05, 0) is 24.8 Å². The van der Waals surface area contributed by atoms with E-state index < -0.39 is 5.97 Å². The van der Waals surface area contributed by atoms with Gasteiger partial charge in [-0.3, -0.25) is 0 Å². The molecule has 0 unspecified atom stereocenters. The molecule has 7 nitrogen and oxygen atoms in total. The molecule has 0 aliphatic rings. The summed E-state index contributed by atoms with van der Waals surface area (Å²) in [5.41, 5.74) is 0.820. The summed E-state index contributed by atoms with van der Waals surface area (Å²) in [5.74, 6) is -0.804. The van der Waals surface area contributed by atoms with E-state index in [1.165, 1.54) is 18.1 Å². The highest BCUT2D eigenvalue weighted by atomic mass is 32.2. The van der Waals surface area contributed by atoms with Gasteiger partial charge in [0, 0.05) is 5.39 Å². The van der Waals surface area contributed by atoms with Gasteiger partial charge in [0.25, 0.3) is 5.22 Å². The summed E-state index contributed by atoms with van der Waals surface area (Å²) in [6.07, 6.45) is 1.47. The second kappa shape index (κ2) is 5.88. The predicted octanol–water partition coefficient (Wildman–Crippen LogP) is 2.34. The molecule has 0 aliphatic carbocycles. The number of hydrogen-bond acceptors (Lipinski definition) is 8. The maximum atomic E-state index is 11.5. The predicted molar refractivity (Wildman–Crippen MR) is 73.9 cm³/mol. The van der Waals surface area contributed by atoms with E-state index in [0.29, 0.717) is 5.03 Å². The summed E-state index contributed by atoms with van der Waals surface area (Å²) in [6.45, 7) is 1.96. The molecule has 2 heterocycles. The monoisotopic (exact) mass is 302 g/mol. The first kappa shape index (κ1) is 13.5. The first-order valence-electron chi connectivity index (χ1n) is 6.16. The van der Waals surface area contributed by atoms with E-state index in [2.05, 4.69) is 20.2 Å². The molecule has 0 bridgehead atoms. The number of fused-ring (bicyclic) bond motifs is 1. The van der Waals surface area contributed by atoms with E-state index >= 15 is 0 Å². The SMILES string of the molecule is CCOC(=O)c1nnc(Sc2ncnc3ccccc23)o1. The van der Waals surface area contributed by atoms with Gasteiger partial charge in [0.15, 0.2) is 0 Å². The Morgan fingerprint density at radius 3 is 3.00 bits per heavy atom. The molecule has 0 fully saturated rings. The van der Waals surface area contributed by atoms with E-state index in [4.69, 9.17) is 9.15 Å². The van der Waals surface area contributed by atoms with Crippen LogP contribution in [0.15, 0.2) is 45.3 Å². The van der Waals surface area contributed by atoms with Crippen molar-refractivity contribution in [1.29, 1.82) is 0 Å². The van der Waals surface area contributed by atoms with Gasteiger partial charge in [-0.2, -0.15) is 0 Å². The molecule has 3 aromatic rings.